The summed E-state index contributed by atoms with van der Waals surface area (Å²) in [7, 11) is 0. The first-order chi connectivity index (χ1) is 5.84. The average Bonchev–Trinajstić information content (AvgIpc) is 2.09. The molecule has 1 aliphatic rings. The number of rotatable bonds is 4. The van der Waals surface area contributed by atoms with Gasteiger partial charge in [0.05, 0.1) is 6.10 Å². The minimum Gasteiger partial charge on any atom is -0.393 e. The summed E-state index contributed by atoms with van der Waals surface area (Å²) in [5.74, 6) is 0.630. The molecular weight excluding hydrogens is 148 g/mol. The second-order valence-electron chi connectivity index (χ2n) is 4.11. The molecule has 1 N–H and O–H groups in total. The summed E-state index contributed by atoms with van der Waals surface area (Å²) in [4.78, 5) is 0. The van der Waals surface area contributed by atoms with Crippen molar-refractivity contribution in [2.45, 2.75) is 64.4 Å². The summed E-state index contributed by atoms with van der Waals surface area (Å²) in [6, 6.07) is 0. The molecule has 0 aromatic rings. The molecule has 0 amide bonds. The van der Waals surface area contributed by atoms with E-state index in [-0.39, 0.29) is 6.10 Å². The molecule has 1 aliphatic carbocycles. The van der Waals surface area contributed by atoms with E-state index in [2.05, 4.69) is 6.92 Å². The Balaban J connectivity index is 2.11. The molecule has 0 bridgehead atoms. The first-order valence-corrected chi connectivity index (χ1v) is 5.52. The van der Waals surface area contributed by atoms with Crippen LogP contribution in [0.1, 0.15) is 58.3 Å². The summed E-state index contributed by atoms with van der Waals surface area (Å²) in [5.41, 5.74) is 0. The van der Waals surface area contributed by atoms with Gasteiger partial charge in [0.1, 0.15) is 0 Å². The number of hydrogen-bond donors (Lipinski definition) is 1. The van der Waals surface area contributed by atoms with Crippen LogP contribution in [0.25, 0.3) is 0 Å². The Morgan fingerprint density at radius 2 is 1.92 bits per heavy atom. The first-order valence-electron chi connectivity index (χ1n) is 5.52. The van der Waals surface area contributed by atoms with Gasteiger partial charge < -0.3 is 5.11 Å². The molecule has 1 saturated carbocycles. The van der Waals surface area contributed by atoms with E-state index in [0.717, 1.165) is 6.42 Å². The largest absolute Gasteiger partial charge is 0.393 e. The highest BCUT2D eigenvalue weighted by Crippen LogP contribution is 2.28. The molecule has 0 aliphatic heterocycles. The summed E-state index contributed by atoms with van der Waals surface area (Å²) in [5, 5.41) is 9.67. The van der Waals surface area contributed by atoms with Crippen LogP contribution < -0.4 is 0 Å². The molecule has 0 unspecified atom stereocenters. The maximum absolute atomic E-state index is 9.67. The molecule has 12 heavy (non-hydrogen) atoms. The molecule has 0 heterocycles. The van der Waals surface area contributed by atoms with Gasteiger partial charge in [-0.2, -0.15) is 0 Å². The fourth-order valence-electron chi connectivity index (χ4n) is 2.18. The topological polar surface area (TPSA) is 20.2 Å². The fourth-order valence-corrected chi connectivity index (χ4v) is 2.18. The van der Waals surface area contributed by atoms with Crippen molar-refractivity contribution < 1.29 is 5.11 Å². The average molecular weight is 170 g/mol. The zero-order chi connectivity index (χ0) is 8.81. The monoisotopic (exact) mass is 170 g/mol. The van der Waals surface area contributed by atoms with Gasteiger partial charge in [0, 0.05) is 0 Å². The number of hydrogen-bond acceptors (Lipinski definition) is 1. The highest BCUT2D eigenvalue weighted by Gasteiger charge is 2.21. The fraction of sp³-hybridized carbons (Fsp3) is 1.00. The first kappa shape index (κ1) is 10.0. The second kappa shape index (κ2) is 5.58. The predicted molar refractivity (Wildman–Crippen MR) is 52.1 cm³/mol. The zero-order valence-corrected chi connectivity index (χ0v) is 8.26. The van der Waals surface area contributed by atoms with E-state index in [1.807, 2.05) is 0 Å². The third-order valence-corrected chi connectivity index (χ3v) is 3.05. The Bertz CT molecular complexity index is 112. The number of aliphatic hydroxyl groups is 1. The van der Waals surface area contributed by atoms with Crippen molar-refractivity contribution in [3.8, 4) is 0 Å². The van der Waals surface area contributed by atoms with Crippen LogP contribution in [-0.2, 0) is 0 Å². The van der Waals surface area contributed by atoms with E-state index in [1.54, 1.807) is 0 Å². The molecule has 0 aromatic heterocycles. The molecule has 0 radical (unpaired) electrons. The van der Waals surface area contributed by atoms with Gasteiger partial charge in [0.15, 0.2) is 0 Å². The summed E-state index contributed by atoms with van der Waals surface area (Å²) in [6.45, 7) is 2.23. The maximum atomic E-state index is 9.67. The van der Waals surface area contributed by atoms with Crippen LogP contribution in [-0.4, -0.2) is 11.2 Å². The van der Waals surface area contributed by atoms with Crippen LogP contribution in [0, 0.1) is 5.92 Å². The van der Waals surface area contributed by atoms with Gasteiger partial charge >= 0.3 is 0 Å². The molecule has 1 heteroatoms. The molecular formula is C11H22O. The van der Waals surface area contributed by atoms with E-state index < -0.39 is 0 Å². The normalized spacial score (nSPS) is 30.5. The predicted octanol–water partition coefficient (Wildman–Crippen LogP) is 3.12. The maximum Gasteiger partial charge on any atom is 0.0568 e. The third-order valence-electron chi connectivity index (χ3n) is 3.05. The Labute approximate surface area is 76.2 Å². The SMILES string of the molecule is CCCCC[C@H]1CCCC[C@@H]1O. The van der Waals surface area contributed by atoms with Crippen molar-refractivity contribution >= 4 is 0 Å². The van der Waals surface area contributed by atoms with Crippen molar-refractivity contribution in [1.82, 2.24) is 0 Å². The van der Waals surface area contributed by atoms with Gasteiger partial charge in [-0.05, 0) is 25.2 Å². The molecule has 72 valence electrons. The minimum absolute atomic E-state index is 0.0237. The zero-order valence-electron chi connectivity index (χ0n) is 8.26. The van der Waals surface area contributed by atoms with Gasteiger partial charge in [-0.3, -0.25) is 0 Å². The minimum atomic E-state index is 0.0237. The lowest BCUT2D eigenvalue weighted by Gasteiger charge is -2.27. The summed E-state index contributed by atoms with van der Waals surface area (Å²) >= 11 is 0. The van der Waals surface area contributed by atoms with E-state index in [1.165, 1.54) is 44.9 Å². The smallest absolute Gasteiger partial charge is 0.0568 e. The van der Waals surface area contributed by atoms with Crippen LogP contribution in [0.2, 0.25) is 0 Å². The third kappa shape index (κ3) is 3.14. The van der Waals surface area contributed by atoms with E-state index >= 15 is 0 Å². The molecule has 1 rings (SSSR count). The van der Waals surface area contributed by atoms with Gasteiger partial charge in [-0.25, -0.2) is 0 Å². The van der Waals surface area contributed by atoms with Gasteiger partial charge in [0.2, 0.25) is 0 Å². The van der Waals surface area contributed by atoms with Crippen LogP contribution in [0.5, 0.6) is 0 Å². The summed E-state index contributed by atoms with van der Waals surface area (Å²) < 4.78 is 0. The van der Waals surface area contributed by atoms with E-state index in [4.69, 9.17) is 0 Å². The molecule has 0 aromatic carbocycles. The Morgan fingerprint density at radius 3 is 2.58 bits per heavy atom. The van der Waals surface area contributed by atoms with Crippen LogP contribution in [0.4, 0.5) is 0 Å². The molecule has 0 spiro atoms. The van der Waals surface area contributed by atoms with Crippen LogP contribution >= 0.6 is 0 Å². The van der Waals surface area contributed by atoms with E-state index in [9.17, 15) is 5.11 Å². The summed E-state index contributed by atoms with van der Waals surface area (Å²) in [6.07, 6.45) is 10.1. The highest BCUT2D eigenvalue weighted by atomic mass is 16.3. The van der Waals surface area contributed by atoms with Crippen molar-refractivity contribution in [2.24, 2.45) is 5.92 Å². The molecule has 1 fully saturated rings. The lowest BCUT2D eigenvalue weighted by molar-refractivity contribution is 0.0639. The lowest BCUT2D eigenvalue weighted by atomic mass is 9.83. The standard InChI is InChI=1S/C11H22O/c1-2-3-4-7-10-8-5-6-9-11(10)12/h10-12H,2-9H2,1H3/t10-,11-/m0/s1. The molecule has 2 atom stereocenters. The van der Waals surface area contributed by atoms with Crippen LogP contribution in [0.15, 0.2) is 0 Å². The second-order valence-corrected chi connectivity index (χ2v) is 4.11. The van der Waals surface area contributed by atoms with Crippen LogP contribution in [0.3, 0.4) is 0 Å². The lowest BCUT2D eigenvalue weighted by Crippen LogP contribution is -2.24. The Kier molecular flexibility index (Phi) is 4.67. The quantitative estimate of drug-likeness (QED) is 0.643. The van der Waals surface area contributed by atoms with Crippen molar-refractivity contribution in [3.05, 3.63) is 0 Å². The highest BCUT2D eigenvalue weighted by molar-refractivity contribution is 4.74. The Hall–Kier alpha value is -0.0400. The van der Waals surface area contributed by atoms with E-state index in [0.29, 0.717) is 5.92 Å². The van der Waals surface area contributed by atoms with Gasteiger partial charge in [0.25, 0.3) is 0 Å². The van der Waals surface area contributed by atoms with Crippen molar-refractivity contribution in [2.75, 3.05) is 0 Å². The van der Waals surface area contributed by atoms with Gasteiger partial charge in [-0.1, -0.05) is 39.0 Å². The molecule has 1 nitrogen and oxygen atoms in total. The van der Waals surface area contributed by atoms with Gasteiger partial charge in [-0.15, -0.1) is 0 Å². The number of aliphatic hydroxyl groups excluding tert-OH is 1. The van der Waals surface area contributed by atoms with Crippen molar-refractivity contribution in [1.29, 1.82) is 0 Å². The van der Waals surface area contributed by atoms with Crippen molar-refractivity contribution in [3.63, 3.8) is 0 Å². The Morgan fingerprint density at radius 1 is 1.17 bits per heavy atom. The molecule has 0 saturated heterocycles. The number of unbranched alkanes of at least 4 members (excludes halogenated alkanes) is 2.